The Morgan fingerprint density at radius 2 is 2.10 bits per heavy atom. The smallest absolute Gasteiger partial charge is 0.340 e. The second-order valence-corrected chi connectivity index (χ2v) is 4.50. The lowest BCUT2D eigenvalue weighted by Crippen LogP contribution is -2.13. The molecule has 0 saturated carbocycles. The molecular formula is C14H15FN2O3. The van der Waals surface area contributed by atoms with Crippen molar-refractivity contribution in [1.82, 2.24) is 0 Å². The zero-order valence-corrected chi connectivity index (χ0v) is 11.1. The topological polar surface area (TPSA) is 88.5 Å². The number of carboxylic acids is 1. The molecule has 1 aromatic carbocycles. The third-order valence-electron chi connectivity index (χ3n) is 2.97. The van der Waals surface area contributed by atoms with Crippen molar-refractivity contribution < 1.29 is 18.7 Å². The molecule has 1 atom stereocenters. The number of furan rings is 1. The van der Waals surface area contributed by atoms with Crippen molar-refractivity contribution in [1.29, 1.82) is 0 Å². The molecule has 0 spiro atoms. The second-order valence-electron chi connectivity index (χ2n) is 4.50. The maximum Gasteiger partial charge on any atom is 0.340 e. The summed E-state index contributed by atoms with van der Waals surface area (Å²) in [7, 11) is 0. The van der Waals surface area contributed by atoms with Gasteiger partial charge in [-0.1, -0.05) is 0 Å². The lowest BCUT2D eigenvalue weighted by atomic mass is 10.1. The summed E-state index contributed by atoms with van der Waals surface area (Å²) in [5.74, 6) is -0.630. The summed E-state index contributed by atoms with van der Waals surface area (Å²) in [5.41, 5.74) is 5.07. The van der Waals surface area contributed by atoms with Crippen LogP contribution in [0.25, 0.3) is 0 Å². The highest BCUT2D eigenvalue weighted by Gasteiger charge is 2.19. The summed E-state index contributed by atoms with van der Waals surface area (Å²) in [6.07, 6.45) is 0. The minimum absolute atomic E-state index is 0.248. The Morgan fingerprint density at radius 3 is 2.65 bits per heavy atom. The van der Waals surface area contributed by atoms with Crippen LogP contribution in [0.4, 0.5) is 15.8 Å². The van der Waals surface area contributed by atoms with Crippen LogP contribution in [0.5, 0.6) is 0 Å². The van der Waals surface area contributed by atoms with Gasteiger partial charge in [-0.2, -0.15) is 0 Å². The number of anilines is 2. The van der Waals surface area contributed by atoms with Crippen LogP contribution in [0.1, 0.15) is 34.8 Å². The van der Waals surface area contributed by atoms with Gasteiger partial charge in [0.1, 0.15) is 22.9 Å². The first-order valence-electron chi connectivity index (χ1n) is 6.04. The van der Waals surface area contributed by atoms with Gasteiger partial charge in [-0.3, -0.25) is 0 Å². The van der Waals surface area contributed by atoms with Gasteiger partial charge in [-0.15, -0.1) is 0 Å². The van der Waals surface area contributed by atoms with Crippen LogP contribution in [-0.2, 0) is 0 Å². The summed E-state index contributed by atoms with van der Waals surface area (Å²) >= 11 is 0. The molecule has 1 unspecified atom stereocenters. The number of carbonyl (C=O) groups is 1. The molecule has 0 fully saturated rings. The normalized spacial score (nSPS) is 12.2. The van der Waals surface area contributed by atoms with Crippen molar-refractivity contribution in [3.8, 4) is 0 Å². The van der Waals surface area contributed by atoms with E-state index in [-0.39, 0.29) is 23.0 Å². The Bertz CT molecular complexity index is 652. The molecule has 20 heavy (non-hydrogen) atoms. The molecule has 0 aliphatic heterocycles. The zero-order chi connectivity index (χ0) is 14.9. The summed E-state index contributed by atoms with van der Waals surface area (Å²) < 4.78 is 18.8. The standard InChI is InChI=1S/C14H15FN2O3/c1-7-3-6-11(20-7)8(2)17-10-5-4-9(15)13(16)12(10)14(18)19/h3-6,8,17H,16H2,1-2H3,(H,18,19). The Hall–Kier alpha value is -2.50. The number of nitrogens with one attached hydrogen (secondary N) is 1. The van der Waals surface area contributed by atoms with Gasteiger partial charge in [0.25, 0.3) is 0 Å². The fourth-order valence-electron chi connectivity index (χ4n) is 1.94. The molecule has 0 saturated heterocycles. The molecule has 0 radical (unpaired) electrons. The van der Waals surface area contributed by atoms with Crippen molar-refractivity contribution in [2.24, 2.45) is 0 Å². The Labute approximate surface area is 115 Å². The van der Waals surface area contributed by atoms with Gasteiger partial charge in [0.2, 0.25) is 0 Å². The van der Waals surface area contributed by atoms with E-state index in [2.05, 4.69) is 5.32 Å². The van der Waals surface area contributed by atoms with E-state index in [4.69, 9.17) is 15.3 Å². The molecule has 0 amide bonds. The number of halogens is 1. The zero-order valence-electron chi connectivity index (χ0n) is 11.1. The third kappa shape index (κ3) is 2.59. The summed E-state index contributed by atoms with van der Waals surface area (Å²) in [6, 6.07) is 5.81. The van der Waals surface area contributed by atoms with Crippen molar-refractivity contribution in [2.75, 3.05) is 11.1 Å². The quantitative estimate of drug-likeness (QED) is 0.747. The molecule has 2 rings (SSSR count). The maximum absolute atomic E-state index is 13.3. The minimum Gasteiger partial charge on any atom is -0.478 e. The van der Waals surface area contributed by atoms with Crippen molar-refractivity contribution in [3.05, 3.63) is 47.2 Å². The average Bonchev–Trinajstić information content (AvgIpc) is 2.80. The van der Waals surface area contributed by atoms with Crippen LogP contribution >= 0.6 is 0 Å². The van der Waals surface area contributed by atoms with Crippen LogP contribution in [0.2, 0.25) is 0 Å². The number of nitrogen functional groups attached to an aromatic ring is 1. The third-order valence-corrected chi connectivity index (χ3v) is 2.97. The van der Waals surface area contributed by atoms with E-state index in [9.17, 15) is 9.18 Å². The molecule has 0 bridgehead atoms. The lowest BCUT2D eigenvalue weighted by molar-refractivity contribution is 0.0698. The molecule has 106 valence electrons. The first kappa shape index (κ1) is 13.9. The van der Waals surface area contributed by atoms with Crippen LogP contribution < -0.4 is 11.1 Å². The molecule has 4 N–H and O–H groups in total. The molecule has 6 heteroatoms. The van der Waals surface area contributed by atoms with E-state index in [0.29, 0.717) is 5.76 Å². The Morgan fingerprint density at radius 1 is 1.40 bits per heavy atom. The van der Waals surface area contributed by atoms with Gasteiger partial charge in [0.15, 0.2) is 0 Å². The molecule has 1 aromatic heterocycles. The van der Waals surface area contributed by atoms with Crippen LogP contribution in [-0.4, -0.2) is 11.1 Å². The number of benzene rings is 1. The maximum atomic E-state index is 13.3. The number of hydrogen-bond donors (Lipinski definition) is 3. The molecule has 0 aliphatic carbocycles. The number of hydrogen-bond acceptors (Lipinski definition) is 4. The van der Waals surface area contributed by atoms with E-state index < -0.39 is 11.8 Å². The van der Waals surface area contributed by atoms with Gasteiger partial charge >= 0.3 is 5.97 Å². The highest BCUT2D eigenvalue weighted by molar-refractivity contribution is 6.00. The largest absolute Gasteiger partial charge is 0.478 e. The number of aryl methyl sites for hydroxylation is 1. The summed E-state index contributed by atoms with van der Waals surface area (Å²) in [4.78, 5) is 11.2. The first-order chi connectivity index (χ1) is 9.40. The molecule has 2 aromatic rings. The van der Waals surface area contributed by atoms with Gasteiger partial charge in [0, 0.05) is 0 Å². The molecular weight excluding hydrogens is 263 g/mol. The lowest BCUT2D eigenvalue weighted by Gasteiger charge is -2.16. The second kappa shape index (κ2) is 5.24. The Balaban J connectivity index is 2.34. The van der Waals surface area contributed by atoms with E-state index in [1.807, 2.05) is 19.9 Å². The highest BCUT2D eigenvalue weighted by Crippen LogP contribution is 2.28. The van der Waals surface area contributed by atoms with Gasteiger partial charge in [-0.25, -0.2) is 9.18 Å². The van der Waals surface area contributed by atoms with Crippen LogP contribution in [0.15, 0.2) is 28.7 Å². The molecule has 1 heterocycles. The minimum atomic E-state index is -1.28. The van der Waals surface area contributed by atoms with Gasteiger partial charge < -0.3 is 20.6 Å². The van der Waals surface area contributed by atoms with Gasteiger partial charge in [0.05, 0.1) is 17.4 Å². The summed E-state index contributed by atoms with van der Waals surface area (Å²) in [6.45, 7) is 3.62. The molecule has 5 nitrogen and oxygen atoms in total. The predicted molar refractivity (Wildman–Crippen MR) is 73.3 cm³/mol. The fraction of sp³-hybridized carbons (Fsp3) is 0.214. The van der Waals surface area contributed by atoms with Crippen LogP contribution in [0.3, 0.4) is 0 Å². The van der Waals surface area contributed by atoms with Crippen molar-refractivity contribution in [3.63, 3.8) is 0 Å². The van der Waals surface area contributed by atoms with Crippen LogP contribution in [0, 0.1) is 12.7 Å². The monoisotopic (exact) mass is 278 g/mol. The van der Waals surface area contributed by atoms with E-state index >= 15 is 0 Å². The Kier molecular flexibility index (Phi) is 3.65. The number of aromatic carboxylic acids is 1. The van der Waals surface area contributed by atoms with E-state index in [1.165, 1.54) is 6.07 Å². The molecule has 0 aliphatic rings. The SMILES string of the molecule is Cc1ccc(C(C)Nc2ccc(F)c(N)c2C(=O)O)o1. The fourth-order valence-corrected chi connectivity index (χ4v) is 1.94. The van der Waals surface area contributed by atoms with Crippen molar-refractivity contribution >= 4 is 17.3 Å². The van der Waals surface area contributed by atoms with E-state index in [0.717, 1.165) is 11.8 Å². The number of carboxylic acid groups (broad SMARTS) is 1. The first-order valence-corrected chi connectivity index (χ1v) is 6.04. The average molecular weight is 278 g/mol. The number of nitrogens with two attached hydrogens (primary N) is 1. The van der Waals surface area contributed by atoms with Crippen molar-refractivity contribution in [2.45, 2.75) is 19.9 Å². The predicted octanol–water partition coefficient (Wildman–Crippen LogP) is 3.18. The summed E-state index contributed by atoms with van der Waals surface area (Å²) in [5, 5.41) is 12.1. The highest BCUT2D eigenvalue weighted by atomic mass is 19.1. The van der Waals surface area contributed by atoms with E-state index in [1.54, 1.807) is 6.07 Å². The number of rotatable bonds is 4. The van der Waals surface area contributed by atoms with Gasteiger partial charge in [-0.05, 0) is 38.1 Å².